The molecule has 21 heavy (non-hydrogen) atoms. The van der Waals surface area contributed by atoms with Crippen LogP contribution in [0.2, 0.25) is 0 Å². The molecule has 1 amide bonds. The average Bonchev–Trinajstić information content (AvgIpc) is 2.90. The van der Waals surface area contributed by atoms with Gasteiger partial charge in [0.15, 0.2) is 0 Å². The molecule has 1 heterocycles. The lowest BCUT2D eigenvalue weighted by Crippen LogP contribution is -2.62. The molecule has 1 aromatic heterocycles. The minimum absolute atomic E-state index is 0.0115. The summed E-state index contributed by atoms with van der Waals surface area (Å²) in [4.78, 5) is 18.7. The summed E-state index contributed by atoms with van der Waals surface area (Å²) in [6, 6.07) is 0.196. The van der Waals surface area contributed by atoms with Gasteiger partial charge in [0.05, 0.1) is 11.1 Å². The Morgan fingerprint density at radius 3 is 2.90 bits per heavy atom. The molecule has 2 atom stereocenters. The fraction of sp³-hybridized carbons (Fsp3) is 0.733. The molecule has 0 saturated heterocycles. The highest BCUT2D eigenvalue weighted by molar-refractivity contribution is 7.09. The maximum absolute atomic E-state index is 12.5. The van der Waals surface area contributed by atoms with E-state index in [-0.39, 0.29) is 23.5 Å². The van der Waals surface area contributed by atoms with Gasteiger partial charge >= 0.3 is 0 Å². The fourth-order valence-electron chi connectivity index (χ4n) is 2.98. The Kier molecular flexibility index (Phi) is 5.01. The van der Waals surface area contributed by atoms with Gasteiger partial charge in [-0.3, -0.25) is 4.79 Å². The predicted molar refractivity (Wildman–Crippen MR) is 84.6 cm³/mol. The van der Waals surface area contributed by atoms with Crippen molar-refractivity contribution in [3.05, 3.63) is 16.1 Å². The molecule has 0 aromatic carbocycles. The average molecular weight is 311 g/mol. The SMILES string of the molecule is CCOC1CC(N(C)C(=O)c2csc(CCN)n2)C1(C)C. The Balaban J connectivity index is 2.03. The third kappa shape index (κ3) is 3.12. The van der Waals surface area contributed by atoms with Crippen molar-refractivity contribution in [2.45, 2.75) is 45.8 Å². The fourth-order valence-corrected chi connectivity index (χ4v) is 3.76. The van der Waals surface area contributed by atoms with Gasteiger partial charge in [-0.1, -0.05) is 13.8 Å². The zero-order chi connectivity index (χ0) is 15.6. The van der Waals surface area contributed by atoms with Crippen molar-refractivity contribution in [2.24, 2.45) is 11.1 Å². The smallest absolute Gasteiger partial charge is 0.273 e. The number of ether oxygens (including phenoxy) is 1. The Morgan fingerprint density at radius 1 is 1.62 bits per heavy atom. The first-order valence-corrected chi connectivity index (χ1v) is 8.33. The van der Waals surface area contributed by atoms with E-state index in [0.29, 0.717) is 18.8 Å². The number of rotatable bonds is 6. The third-order valence-electron chi connectivity index (χ3n) is 4.41. The van der Waals surface area contributed by atoms with Gasteiger partial charge in [0.2, 0.25) is 0 Å². The summed E-state index contributed by atoms with van der Waals surface area (Å²) in [5.41, 5.74) is 6.03. The van der Waals surface area contributed by atoms with Crippen LogP contribution in [0.3, 0.4) is 0 Å². The van der Waals surface area contributed by atoms with E-state index in [1.54, 1.807) is 0 Å². The zero-order valence-electron chi connectivity index (χ0n) is 13.3. The van der Waals surface area contributed by atoms with Crippen LogP contribution in [0.15, 0.2) is 5.38 Å². The molecular weight excluding hydrogens is 286 g/mol. The van der Waals surface area contributed by atoms with Crippen LogP contribution in [0.1, 0.15) is 42.7 Å². The summed E-state index contributed by atoms with van der Waals surface area (Å²) >= 11 is 1.50. The normalized spacial score (nSPS) is 23.7. The summed E-state index contributed by atoms with van der Waals surface area (Å²) < 4.78 is 5.73. The van der Waals surface area contributed by atoms with E-state index >= 15 is 0 Å². The molecule has 1 fully saturated rings. The molecule has 1 aromatic rings. The molecule has 2 N–H and O–H groups in total. The first-order valence-electron chi connectivity index (χ1n) is 7.45. The minimum Gasteiger partial charge on any atom is -0.378 e. The summed E-state index contributed by atoms with van der Waals surface area (Å²) in [7, 11) is 1.86. The van der Waals surface area contributed by atoms with Gasteiger partial charge in [0.1, 0.15) is 5.69 Å². The van der Waals surface area contributed by atoms with Crippen LogP contribution >= 0.6 is 11.3 Å². The molecule has 118 valence electrons. The lowest BCUT2D eigenvalue weighted by atomic mass is 9.63. The number of carbonyl (C=O) groups excluding carboxylic acids is 1. The summed E-state index contributed by atoms with van der Waals surface area (Å²) in [6.45, 7) is 7.60. The Hall–Kier alpha value is -0.980. The highest BCUT2D eigenvalue weighted by Gasteiger charge is 2.52. The second-order valence-corrected chi connectivity index (χ2v) is 7.04. The van der Waals surface area contributed by atoms with E-state index in [1.807, 2.05) is 24.3 Å². The molecular formula is C15H25N3O2S. The van der Waals surface area contributed by atoms with Crippen LogP contribution in [0, 0.1) is 5.41 Å². The van der Waals surface area contributed by atoms with Crippen molar-refractivity contribution in [3.8, 4) is 0 Å². The molecule has 5 nitrogen and oxygen atoms in total. The van der Waals surface area contributed by atoms with E-state index in [4.69, 9.17) is 10.5 Å². The van der Waals surface area contributed by atoms with Crippen molar-refractivity contribution in [1.29, 1.82) is 0 Å². The van der Waals surface area contributed by atoms with Crippen LogP contribution in [0.25, 0.3) is 0 Å². The molecule has 0 aliphatic heterocycles. The van der Waals surface area contributed by atoms with Crippen LogP contribution in [0.4, 0.5) is 0 Å². The topological polar surface area (TPSA) is 68.5 Å². The van der Waals surface area contributed by atoms with Crippen LogP contribution in [-0.4, -0.2) is 48.1 Å². The second-order valence-electron chi connectivity index (χ2n) is 6.10. The van der Waals surface area contributed by atoms with Gasteiger partial charge in [-0.25, -0.2) is 4.98 Å². The molecule has 0 spiro atoms. The number of nitrogens with zero attached hydrogens (tertiary/aromatic N) is 2. The highest BCUT2D eigenvalue weighted by Crippen LogP contribution is 2.45. The highest BCUT2D eigenvalue weighted by atomic mass is 32.1. The number of amides is 1. The van der Waals surface area contributed by atoms with Crippen molar-refractivity contribution in [2.75, 3.05) is 20.2 Å². The van der Waals surface area contributed by atoms with Crippen molar-refractivity contribution in [1.82, 2.24) is 9.88 Å². The number of aromatic nitrogens is 1. The minimum atomic E-state index is -0.0173. The lowest BCUT2D eigenvalue weighted by Gasteiger charge is -2.54. The maximum Gasteiger partial charge on any atom is 0.273 e. The quantitative estimate of drug-likeness (QED) is 0.871. The summed E-state index contributed by atoms with van der Waals surface area (Å²) in [5.74, 6) is -0.0115. The van der Waals surface area contributed by atoms with Gasteiger partial charge in [-0.05, 0) is 19.9 Å². The zero-order valence-corrected chi connectivity index (χ0v) is 14.1. The molecule has 0 bridgehead atoms. The second kappa shape index (κ2) is 6.42. The first-order chi connectivity index (χ1) is 9.91. The lowest BCUT2D eigenvalue weighted by molar-refractivity contribution is -0.136. The Morgan fingerprint density at radius 2 is 2.33 bits per heavy atom. The Bertz CT molecular complexity index is 501. The predicted octanol–water partition coefficient (Wildman–Crippen LogP) is 1.92. The van der Waals surface area contributed by atoms with E-state index in [2.05, 4.69) is 18.8 Å². The summed E-state index contributed by atoms with van der Waals surface area (Å²) in [6.07, 6.45) is 1.84. The van der Waals surface area contributed by atoms with E-state index in [9.17, 15) is 4.79 Å². The Labute approximate surface area is 130 Å². The van der Waals surface area contributed by atoms with E-state index in [0.717, 1.165) is 17.8 Å². The molecule has 0 radical (unpaired) electrons. The molecule has 2 rings (SSSR count). The molecule has 1 aliphatic carbocycles. The van der Waals surface area contributed by atoms with Gasteiger partial charge in [-0.2, -0.15) is 0 Å². The maximum atomic E-state index is 12.5. The molecule has 6 heteroatoms. The van der Waals surface area contributed by atoms with Gasteiger partial charge in [0.25, 0.3) is 5.91 Å². The van der Waals surface area contributed by atoms with Crippen molar-refractivity contribution in [3.63, 3.8) is 0 Å². The molecule has 1 saturated carbocycles. The number of hydrogen-bond acceptors (Lipinski definition) is 5. The van der Waals surface area contributed by atoms with Gasteiger partial charge in [0, 0.05) is 36.9 Å². The standard InChI is InChI=1S/C15H25N3O2S/c1-5-20-12-8-11(15(12,2)3)18(4)14(19)10-9-21-13(17-10)6-7-16/h9,11-12H,5-8,16H2,1-4H3. The van der Waals surface area contributed by atoms with Crippen LogP contribution in [0.5, 0.6) is 0 Å². The number of thiazole rings is 1. The molecule has 1 aliphatic rings. The number of hydrogen-bond donors (Lipinski definition) is 1. The molecule has 2 unspecified atom stereocenters. The van der Waals surface area contributed by atoms with E-state index in [1.165, 1.54) is 11.3 Å². The number of nitrogens with two attached hydrogens (primary N) is 1. The van der Waals surface area contributed by atoms with Gasteiger partial charge < -0.3 is 15.4 Å². The van der Waals surface area contributed by atoms with Crippen LogP contribution in [-0.2, 0) is 11.2 Å². The van der Waals surface area contributed by atoms with Crippen molar-refractivity contribution < 1.29 is 9.53 Å². The van der Waals surface area contributed by atoms with Crippen LogP contribution < -0.4 is 5.73 Å². The van der Waals surface area contributed by atoms with E-state index < -0.39 is 0 Å². The number of carbonyl (C=O) groups is 1. The largest absolute Gasteiger partial charge is 0.378 e. The summed E-state index contributed by atoms with van der Waals surface area (Å²) in [5, 5.41) is 2.75. The monoisotopic (exact) mass is 311 g/mol. The van der Waals surface area contributed by atoms with Crippen molar-refractivity contribution >= 4 is 17.2 Å². The third-order valence-corrected chi connectivity index (χ3v) is 5.32. The van der Waals surface area contributed by atoms with Gasteiger partial charge in [-0.15, -0.1) is 11.3 Å². The first kappa shape index (κ1) is 16.4.